The number of hydrogen-bond donors (Lipinski definition) is 1. The predicted molar refractivity (Wildman–Crippen MR) is 40.7 cm³/mol. The van der Waals surface area contributed by atoms with Crippen LogP contribution in [0, 0.1) is 0 Å². The summed E-state index contributed by atoms with van der Waals surface area (Å²) in [7, 11) is -3.56. The summed E-state index contributed by atoms with van der Waals surface area (Å²) >= 11 is 1.20. The van der Waals surface area contributed by atoms with Crippen LogP contribution in [0.4, 0.5) is 0 Å². The first-order valence-corrected chi connectivity index (χ1v) is 4.50. The van der Waals surface area contributed by atoms with Gasteiger partial charge in [0, 0.05) is 5.38 Å². The van der Waals surface area contributed by atoms with Crippen LogP contribution in [0.5, 0.6) is 0 Å². The van der Waals surface area contributed by atoms with Crippen molar-refractivity contribution in [3.05, 3.63) is 10.9 Å². The minimum atomic E-state index is -3.56. The molecule has 0 aromatic carbocycles. The SMILES string of the molecule is Cl.NS(=O)(=O)c1cscn1. The number of aromatic nitrogens is 1. The normalized spacial score (nSPS) is 10.5. The van der Waals surface area contributed by atoms with Crippen LogP contribution >= 0.6 is 23.7 Å². The average molecular weight is 201 g/mol. The second kappa shape index (κ2) is 3.29. The molecule has 0 saturated carbocycles. The van der Waals surface area contributed by atoms with E-state index < -0.39 is 10.0 Å². The zero-order valence-electron chi connectivity index (χ0n) is 4.72. The van der Waals surface area contributed by atoms with Gasteiger partial charge in [0.05, 0.1) is 5.51 Å². The van der Waals surface area contributed by atoms with Gasteiger partial charge in [-0.25, -0.2) is 18.5 Å². The molecule has 7 heteroatoms. The number of primary sulfonamides is 1. The first kappa shape index (κ1) is 9.83. The molecule has 1 rings (SSSR count). The van der Waals surface area contributed by atoms with Crippen molar-refractivity contribution < 1.29 is 8.42 Å². The van der Waals surface area contributed by atoms with E-state index in [2.05, 4.69) is 4.98 Å². The fraction of sp³-hybridized carbons (Fsp3) is 0. The molecule has 0 unspecified atom stereocenters. The standard InChI is InChI=1S/C3H4N2O2S2.ClH/c4-9(6,7)3-1-8-2-5-3;/h1-2H,(H2,4,6,7);1H. The van der Waals surface area contributed by atoms with E-state index in [1.54, 1.807) is 0 Å². The Bertz CT molecular complexity index is 279. The summed E-state index contributed by atoms with van der Waals surface area (Å²) in [6, 6.07) is 0. The molecule has 10 heavy (non-hydrogen) atoms. The van der Waals surface area contributed by atoms with Gasteiger partial charge in [0.2, 0.25) is 0 Å². The summed E-state index contributed by atoms with van der Waals surface area (Å²) < 4.78 is 20.8. The minimum absolute atomic E-state index is 0. The second-order valence-corrected chi connectivity index (χ2v) is 3.60. The van der Waals surface area contributed by atoms with Gasteiger partial charge in [-0.3, -0.25) is 0 Å². The van der Waals surface area contributed by atoms with Crippen molar-refractivity contribution in [3.63, 3.8) is 0 Å². The van der Waals surface area contributed by atoms with Crippen molar-refractivity contribution in [1.29, 1.82) is 0 Å². The molecule has 0 saturated heterocycles. The topological polar surface area (TPSA) is 73.1 Å². The van der Waals surface area contributed by atoms with Crippen LogP contribution in [-0.4, -0.2) is 13.4 Å². The van der Waals surface area contributed by atoms with Gasteiger partial charge in [-0.15, -0.1) is 23.7 Å². The first-order chi connectivity index (χ1) is 4.11. The monoisotopic (exact) mass is 200 g/mol. The second-order valence-electron chi connectivity index (χ2n) is 1.37. The summed E-state index contributed by atoms with van der Waals surface area (Å²) in [5.74, 6) is 0. The zero-order valence-corrected chi connectivity index (χ0v) is 7.17. The van der Waals surface area contributed by atoms with Crippen molar-refractivity contribution in [1.82, 2.24) is 4.98 Å². The predicted octanol–water partition coefficient (Wildman–Crippen LogP) is 0.212. The largest absolute Gasteiger partial charge is 0.256 e. The number of nitrogens with zero attached hydrogens (tertiary/aromatic N) is 1. The van der Waals surface area contributed by atoms with Gasteiger partial charge >= 0.3 is 0 Å². The van der Waals surface area contributed by atoms with Crippen LogP contribution < -0.4 is 5.14 Å². The molecular formula is C3H5ClN2O2S2. The Morgan fingerprint density at radius 1 is 1.60 bits per heavy atom. The molecule has 0 aliphatic heterocycles. The summed E-state index contributed by atoms with van der Waals surface area (Å²) in [6.45, 7) is 0. The van der Waals surface area contributed by atoms with Crippen LogP contribution in [0.3, 0.4) is 0 Å². The number of thiazole rings is 1. The molecule has 0 bridgehead atoms. The fourth-order valence-corrected chi connectivity index (χ4v) is 1.72. The lowest BCUT2D eigenvalue weighted by Crippen LogP contribution is -2.11. The summed E-state index contributed by atoms with van der Waals surface area (Å²) in [6.07, 6.45) is 0. The first-order valence-electron chi connectivity index (χ1n) is 2.02. The van der Waals surface area contributed by atoms with Crippen molar-refractivity contribution >= 4 is 33.8 Å². The van der Waals surface area contributed by atoms with Crippen LogP contribution in [-0.2, 0) is 10.0 Å². The number of rotatable bonds is 1. The minimum Gasteiger partial charge on any atom is -0.232 e. The van der Waals surface area contributed by atoms with E-state index in [-0.39, 0.29) is 17.4 Å². The van der Waals surface area contributed by atoms with Crippen molar-refractivity contribution in [3.8, 4) is 0 Å². The molecule has 1 heterocycles. The molecule has 2 N–H and O–H groups in total. The summed E-state index contributed by atoms with van der Waals surface area (Å²) in [5.41, 5.74) is 1.42. The average Bonchev–Trinajstić information content (AvgIpc) is 2.08. The number of sulfonamides is 1. The molecule has 0 aliphatic rings. The third kappa shape index (κ3) is 2.22. The van der Waals surface area contributed by atoms with Gasteiger partial charge in [0.25, 0.3) is 10.0 Å². The molecule has 0 amide bonds. The lowest BCUT2D eigenvalue weighted by molar-refractivity contribution is 0.595. The number of nitrogens with two attached hydrogens (primary N) is 1. The van der Waals surface area contributed by atoms with E-state index in [0.29, 0.717) is 0 Å². The van der Waals surface area contributed by atoms with Crippen molar-refractivity contribution in [2.45, 2.75) is 5.03 Å². The highest BCUT2D eigenvalue weighted by Gasteiger charge is 2.07. The summed E-state index contributed by atoms with van der Waals surface area (Å²) in [5, 5.41) is 6.04. The lowest BCUT2D eigenvalue weighted by Gasteiger charge is -1.85. The third-order valence-electron chi connectivity index (χ3n) is 0.701. The Kier molecular flexibility index (Phi) is 3.23. The Balaban J connectivity index is 0.000000810. The highest BCUT2D eigenvalue weighted by atomic mass is 35.5. The maximum atomic E-state index is 10.4. The molecule has 0 aliphatic carbocycles. The Labute approximate surface area is 68.5 Å². The Morgan fingerprint density at radius 3 is 2.40 bits per heavy atom. The molecule has 1 aromatic rings. The van der Waals surface area contributed by atoms with E-state index in [1.807, 2.05) is 0 Å². The van der Waals surface area contributed by atoms with E-state index in [9.17, 15) is 8.42 Å². The van der Waals surface area contributed by atoms with Gasteiger partial charge in [0.15, 0.2) is 5.03 Å². The van der Waals surface area contributed by atoms with E-state index in [1.165, 1.54) is 22.2 Å². The molecular weight excluding hydrogens is 196 g/mol. The Morgan fingerprint density at radius 2 is 2.20 bits per heavy atom. The summed E-state index contributed by atoms with van der Waals surface area (Å²) in [4.78, 5) is 3.49. The van der Waals surface area contributed by atoms with Crippen molar-refractivity contribution in [2.24, 2.45) is 5.14 Å². The van der Waals surface area contributed by atoms with Gasteiger partial charge in [-0.2, -0.15) is 0 Å². The number of hydrogen-bond acceptors (Lipinski definition) is 4. The highest BCUT2D eigenvalue weighted by molar-refractivity contribution is 7.89. The quantitative estimate of drug-likeness (QED) is 0.705. The fourth-order valence-electron chi connectivity index (χ4n) is 0.342. The highest BCUT2D eigenvalue weighted by Crippen LogP contribution is 2.04. The molecule has 0 radical (unpaired) electrons. The van der Waals surface area contributed by atoms with Gasteiger partial charge in [0.1, 0.15) is 0 Å². The van der Waals surface area contributed by atoms with Crippen LogP contribution in [0.15, 0.2) is 15.9 Å². The van der Waals surface area contributed by atoms with E-state index in [4.69, 9.17) is 5.14 Å². The molecule has 58 valence electrons. The molecule has 0 atom stereocenters. The van der Waals surface area contributed by atoms with E-state index in [0.717, 1.165) is 0 Å². The van der Waals surface area contributed by atoms with E-state index >= 15 is 0 Å². The molecule has 1 aromatic heterocycles. The molecule has 4 nitrogen and oxygen atoms in total. The Hall–Kier alpha value is -0.170. The third-order valence-corrected chi connectivity index (χ3v) is 2.24. The smallest absolute Gasteiger partial charge is 0.232 e. The van der Waals surface area contributed by atoms with Gasteiger partial charge < -0.3 is 0 Å². The molecule has 0 fully saturated rings. The maximum Gasteiger partial charge on any atom is 0.256 e. The molecule has 0 spiro atoms. The van der Waals surface area contributed by atoms with Crippen LogP contribution in [0.1, 0.15) is 0 Å². The van der Waals surface area contributed by atoms with Gasteiger partial charge in [-0.1, -0.05) is 0 Å². The van der Waals surface area contributed by atoms with Crippen molar-refractivity contribution in [2.75, 3.05) is 0 Å². The lowest BCUT2D eigenvalue weighted by atomic mass is 11.0. The van der Waals surface area contributed by atoms with Crippen LogP contribution in [0.2, 0.25) is 0 Å². The van der Waals surface area contributed by atoms with Gasteiger partial charge in [-0.05, 0) is 0 Å². The van der Waals surface area contributed by atoms with Crippen LogP contribution in [0.25, 0.3) is 0 Å². The number of halogens is 1. The zero-order chi connectivity index (χ0) is 6.91. The maximum absolute atomic E-state index is 10.4.